The summed E-state index contributed by atoms with van der Waals surface area (Å²) in [6, 6.07) is 8.73. The van der Waals surface area contributed by atoms with Gasteiger partial charge in [0.1, 0.15) is 11.9 Å². The topological polar surface area (TPSA) is 35.2 Å². The van der Waals surface area contributed by atoms with Crippen LogP contribution in [0.15, 0.2) is 24.3 Å². The first-order chi connectivity index (χ1) is 9.82. The van der Waals surface area contributed by atoms with Crippen molar-refractivity contribution >= 4 is 11.8 Å². The van der Waals surface area contributed by atoms with E-state index < -0.39 is 0 Å². The van der Waals surface area contributed by atoms with E-state index >= 15 is 0 Å². The first kappa shape index (κ1) is 14.3. The molecular weight excluding hydrogens is 266 g/mol. The van der Waals surface area contributed by atoms with E-state index in [2.05, 4.69) is 24.3 Å². The summed E-state index contributed by atoms with van der Waals surface area (Å²) >= 11 is 1.99. The smallest absolute Gasteiger partial charge is 0.120 e. The molecule has 1 atom stereocenters. The summed E-state index contributed by atoms with van der Waals surface area (Å²) in [4.78, 5) is 0. The van der Waals surface area contributed by atoms with Crippen molar-refractivity contribution in [2.45, 2.75) is 50.0 Å². The van der Waals surface area contributed by atoms with Crippen LogP contribution in [0.2, 0.25) is 0 Å². The predicted octanol–water partition coefficient (Wildman–Crippen LogP) is 3.73. The number of benzene rings is 1. The van der Waals surface area contributed by atoms with Gasteiger partial charge in [-0.2, -0.15) is 11.8 Å². The van der Waals surface area contributed by atoms with Crippen molar-refractivity contribution in [2.75, 3.05) is 18.1 Å². The Labute approximate surface area is 126 Å². The zero-order chi connectivity index (χ0) is 13.8. The molecule has 3 rings (SSSR count). The molecule has 1 saturated carbocycles. The van der Waals surface area contributed by atoms with Crippen LogP contribution in [0, 0.1) is 0 Å². The molecule has 0 aromatic heterocycles. The molecule has 1 aromatic carbocycles. The lowest BCUT2D eigenvalue weighted by Crippen LogP contribution is -2.37. The van der Waals surface area contributed by atoms with E-state index in [1.54, 1.807) is 0 Å². The van der Waals surface area contributed by atoms with Crippen LogP contribution in [0.25, 0.3) is 0 Å². The fourth-order valence-corrected chi connectivity index (χ4v) is 4.63. The Balaban J connectivity index is 1.78. The minimum Gasteiger partial charge on any atom is -0.490 e. The maximum Gasteiger partial charge on any atom is 0.120 e. The van der Waals surface area contributed by atoms with E-state index in [9.17, 15) is 0 Å². The van der Waals surface area contributed by atoms with Gasteiger partial charge in [-0.25, -0.2) is 0 Å². The molecule has 110 valence electrons. The van der Waals surface area contributed by atoms with Gasteiger partial charge in [0.05, 0.1) is 0 Å². The minimum absolute atomic E-state index is 0.196. The fraction of sp³-hybridized carbons (Fsp3) is 0.647. The van der Waals surface area contributed by atoms with Crippen LogP contribution in [0.1, 0.15) is 44.1 Å². The van der Waals surface area contributed by atoms with E-state index in [-0.39, 0.29) is 5.41 Å². The van der Waals surface area contributed by atoms with Crippen molar-refractivity contribution in [3.05, 3.63) is 29.8 Å². The summed E-state index contributed by atoms with van der Waals surface area (Å²) in [6.45, 7) is 0.760. The third-order valence-electron chi connectivity index (χ3n) is 4.84. The van der Waals surface area contributed by atoms with Crippen LogP contribution >= 0.6 is 11.8 Å². The van der Waals surface area contributed by atoms with Gasteiger partial charge in [-0.3, -0.25) is 0 Å². The molecule has 0 radical (unpaired) electrons. The van der Waals surface area contributed by atoms with E-state index in [0.29, 0.717) is 6.10 Å². The maximum absolute atomic E-state index is 6.14. The Hall–Kier alpha value is -0.670. The average molecular weight is 291 g/mol. The molecule has 2 N–H and O–H groups in total. The quantitative estimate of drug-likeness (QED) is 0.918. The Morgan fingerprint density at radius 2 is 2.10 bits per heavy atom. The van der Waals surface area contributed by atoms with Crippen molar-refractivity contribution in [2.24, 2.45) is 5.73 Å². The van der Waals surface area contributed by atoms with Gasteiger partial charge in [0, 0.05) is 17.7 Å². The molecular formula is C17H25NOS. The van der Waals surface area contributed by atoms with Gasteiger partial charge in [0.25, 0.3) is 0 Å². The normalized spacial score (nSPS) is 25.6. The monoisotopic (exact) mass is 291 g/mol. The summed E-state index contributed by atoms with van der Waals surface area (Å²) in [5.74, 6) is 3.40. The second-order valence-electron chi connectivity index (χ2n) is 6.18. The van der Waals surface area contributed by atoms with E-state index in [1.807, 2.05) is 11.8 Å². The molecule has 2 aliphatic rings. The summed E-state index contributed by atoms with van der Waals surface area (Å²) < 4.78 is 6.13. The second-order valence-corrected chi connectivity index (χ2v) is 7.33. The van der Waals surface area contributed by atoms with Crippen molar-refractivity contribution < 1.29 is 4.74 Å². The molecule has 0 spiro atoms. The highest BCUT2D eigenvalue weighted by molar-refractivity contribution is 7.99. The van der Waals surface area contributed by atoms with Crippen LogP contribution < -0.4 is 10.5 Å². The van der Waals surface area contributed by atoms with Gasteiger partial charge >= 0.3 is 0 Å². The molecule has 0 bridgehead atoms. The molecule has 1 aliphatic carbocycles. The first-order valence-corrected chi connectivity index (χ1v) is 9.03. The van der Waals surface area contributed by atoms with Crippen molar-refractivity contribution in [3.63, 3.8) is 0 Å². The number of hydrogen-bond acceptors (Lipinski definition) is 3. The fourth-order valence-electron chi connectivity index (χ4n) is 3.54. The summed E-state index contributed by atoms with van der Waals surface area (Å²) in [5.41, 5.74) is 7.73. The first-order valence-electron chi connectivity index (χ1n) is 7.87. The van der Waals surface area contributed by atoms with Crippen LogP contribution in [-0.2, 0) is 5.41 Å². The molecule has 0 amide bonds. The van der Waals surface area contributed by atoms with Crippen LogP contribution in [0.5, 0.6) is 5.75 Å². The van der Waals surface area contributed by atoms with E-state index in [4.69, 9.17) is 10.5 Å². The molecule has 2 nitrogen and oxygen atoms in total. The Morgan fingerprint density at radius 3 is 2.80 bits per heavy atom. The zero-order valence-electron chi connectivity index (χ0n) is 12.1. The summed E-state index contributed by atoms with van der Waals surface area (Å²) in [6.07, 6.45) is 8.01. The predicted molar refractivity (Wildman–Crippen MR) is 86.6 cm³/mol. The summed E-state index contributed by atoms with van der Waals surface area (Å²) in [5, 5.41) is 0. The highest BCUT2D eigenvalue weighted by Gasteiger charge is 2.32. The lowest BCUT2D eigenvalue weighted by Gasteiger charge is -2.37. The van der Waals surface area contributed by atoms with E-state index in [1.165, 1.54) is 49.8 Å². The standard InChI is InChI=1S/C17H25NOS/c18-13-17(8-2-1-3-9-17)14-5-4-6-15(11-14)19-16-7-10-20-12-16/h4-6,11,16H,1-3,7-10,12-13,18H2. The minimum atomic E-state index is 0.196. The molecule has 1 aliphatic heterocycles. The average Bonchev–Trinajstić information content (AvgIpc) is 3.01. The van der Waals surface area contributed by atoms with Crippen molar-refractivity contribution in [3.8, 4) is 5.75 Å². The van der Waals surface area contributed by atoms with Crippen molar-refractivity contribution in [1.29, 1.82) is 0 Å². The largest absolute Gasteiger partial charge is 0.490 e. The second kappa shape index (κ2) is 6.40. The van der Waals surface area contributed by atoms with Crippen molar-refractivity contribution in [1.82, 2.24) is 0 Å². The highest BCUT2D eigenvalue weighted by Crippen LogP contribution is 2.39. The number of rotatable bonds is 4. The Bertz CT molecular complexity index is 436. The molecule has 1 heterocycles. The maximum atomic E-state index is 6.14. The van der Waals surface area contributed by atoms with Crippen LogP contribution in [-0.4, -0.2) is 24.2 Å². The molecule has 3 heteroatoms. The van der Waals surface area contributed by atoms with Gasteiger partial charge < -0.3 is 10.5 Å². The van der Waals surface area contributed by atoms with E-state index in [0.717, 1.165) is 18.0 Å². The third kappa shape index (κ3) is 2.99. The molecule has 1 unspecified atom stereocenters. The molecule has 1 saturated heterocycles. The Morgan fingerprint density at radius 1 is 1.25 bits per heavy atom. The molecule has 1 aromatic rings. The summed E-state index contributed by atoms with van der Waals surface area (Å²) in [7, 11) is 0. The highest BCUT2D eigenvalue weighted by atomic mass is 32.2. The van der Waals surface area contributed by atoms with Gasteiger partial charge in [0.2, 0.25) is 0 Å². The van der Waals surface area contributed by atoms with Crippen LogP contribution in [0.4, 0.5) is 0 Å². The number of ether oxygens (including phenoxy) is 1. The number of hydrogen-bond donors (Lipinski definition) is 1. The van der Waals surface area contributed by atoms with Gasteiger partial charge in [-0.05, 0) is 42.7 Å². The van der Waals surface area contributed by atoms with Gasteiger partial charge in [-0.15, -0.1) is 0 Å². The molecule has 2 fully saturated rings. The lowest BCUT2D eigenvalue weighted by molar-refractivity contribution is 0.228. The Kier molecular flexibility index (Phi) is 4.57. The zero-order valence-corrected chi connectivity index (χ0v) is 13.0. The molecule has 20 heavy (non-hydrogen) atoms. The number of thioether (sulfide) groups is 1. The van der Waals surface area contributed by atoms with Crippen LogP contribution in [0.3, 0.4) is 0 Å². The van der Waals surface area contributed by atoms with Gasteiger partial charge in [0.15, 0.2) is 0 Å². The number of nitrogens with two attached hydrogens (primary N) is 1. The SMILES string of the molecule is NCC1(c2cccc(OC3CCSC3)c2)CCCCC1. The lowest BCUT2D eigenvalue weighted by atomic mass is 9.69. The third-order valence-corrected chi connectivity index (χ3v) is 5.97. The van der Waals surface area contributed by atoms with Gasteiger partial charge in [-0.1, -0.05) is 31.4 Å².